The first kappa shape index (κ1) is 25.2. The Morgan fingerprint density at radius 3 is 2.34 bits per heavy atom. The number of pyridine rings is 1. The number of likely N-dealkylation sites (tertiary alicyclic amines) is 1. The van der Waals surface area contributed by atoms with Gasteiger partial charge in [0.15, 0.2) is 0 Å². The molecule has 0 aromatic carbocycles. The third-order valence-electron chi connectivity index (χ3n) is 6.62. The number of ketones is 1. The molecule has 0 saturated carbocycles. The van der Waals surface area contributed by atoms with E-state index in [1.165, 1.54) is 10.6 Å². The highest BCUT2D eigenvalue weighted by Crippen LogP contribution is 2.41. The Bertz CT molecular complexity index is 1150. The summed E-state index contributed by atoms with van der Waals surface area (Å²) in [6.07, 6.45) is -3.94. The number of hydrogen-bond donors (Lipinski definition) is 1. The number of aromatic nitrogens is 2. The number of nitrogens with one attached hydrogen (secondary N) is 1. The molecule has 2 aliphatic heterocycles. The minimum atomic E-state index is -4.94. The minimum Gasteiger partial charge on any atom is -0.489 e. The number of amides is 1. The summed E-state index contributed by atoms with van der Waals surface area (Å²) < 4.78 is 46.8. The molecule has 2 aromatic rings. The number of alkyl halides is 3. The fourth-order valence-corrected chi connectivity index (χ4v) is 5.23. The van der Waals surface area contributed by atoms with Gasteiger partial charge in [-0.3, -0.25) is 14.9 Å². The van der Waals surface area contributed by atoms with Crippen LogP contribution < -0.4 is 10.1 Å². The van der Waals surface area contributed by atoms with Crippen LogP contribution in [0.5, 0.6) is 5.75 Å². The first-order chi connectivity index (χ1) is 16.2. The topological polar surface area (TPSA) is 76.5 Å². The van der Waals surface area contributed by atoms with Gasteiger partial charge in [-0.05, 0) is 71.7 Å². The number of Topliss-reactive ketones (excluding diaryl/α,β-unsaturated/α-hetero) is 1. The summed E-state index contributed by atoms with van der Waals surface area (Å²) in [5.41, 5.74) is 0.0930. The second-order valence-electron chi connectivity index (χ2n) is 10.3. The van der Waals surface area contributed by atoms with E-state index < -0.39 is 23.0 Å². The monoisotopic (exact) mass is 492 g/mol. The Balaban J connectivity index is 1.56. The van der Waals surface area contributed by atoms with Crippen molar-refractivity contribution in [2.75, 3.05) is 13.1 Å². The molecule has 1 saturated heterocycles. The van der Waals surface area contributed by atoms with Crippen LogP contribution in [0.25, 0.3) is 0 Å². The Kier molecular flexibility index (Phi) is 6.24. The Morgan fingerprint density at radius 2 is 1.77 bits per heavy atom. The highest BCUT2D eigenvalue weighted by atomic mass is 19.4. The summed E-state index contributed by atoms with van der Waals surface area (Å²) in [7, 11) is 0. The van der Waals surface area contributed by atoms with Crippen LogP contribution in [-0.4, -0.2) is 57.1 Å². The lowest BCUT2D eigenvalue weighted by Gasteiger charge is -2.51. The Labute approximate surface area is 202 Å². The average Bonchev–Trinajstić information content (AvgIpc) is 3.17. The largest absolute Gasteiger partial charge is 0.489 e. The van der Waals surface area contributed by atoms with E-state index >= 15 is 0 Å². The zero-order chi connectivity index (χ0) is 25.8. The molecule has 0 bridgehead atoms. The van der Waals surface area contributed by atoms with Gasteiger partial charge in [-0.25, -0.2) is 4.98 Å². The minimum absolute atomic E-state index is 0.00605. The van der Waals surface area contributed by atoms with Gasteiger partial charge in [-0.1, -0.05) is 0 Å². The molecule has 0 aliphatic carbocycles. The van der Waals surface area contributed by atoms with E-state index in [9.17, 15) is 22.8 Å². The van der Waals surface area contributed by atoms with Crippen molar-refractivity contribution in [1.29, 1.82) is 0 Å². The fourth-order valence-electron chi connectivity index (χ4n) is 5.23. The second-order valence-corrected chi connectivity index (χ2v) is 10.3. The molecular weight excluding hydrogens is 461 g/mol. The number of nitrogens with zero attached hydrogens (tertiary/aromatic N) is 3. The second kappa shape index (κ2) is 8.65. The maximum atomic E-state index is 13.2. The third kappa shape index (κ3) is 4.80. The molecule has 190 valence electrons. The van der Waals surface area contributed by atoms with Crippen LogP contribution in [-0.2, 0) is 12.1 Å². The Morgan fingerprint density at radius 1 is 1.11 bits per heavy atom. The molecule has 1 fully saturated rings. The smallest absolute Gasteiger partial charge is 0.456 e. The molecule has 7 nitrogen and oxygen atoms in total. The third-order valence-corrected chi connectivity index (χ3v) is 6.62. The predicted molar refractivity (Wildman–Crippen MR) is 124 cm³/mol. The van der Waals surface area contributed by atoms with Gasteiger partial charge in [0.25, 0.3) is 11.7 Å². The van der Waals surface area contributed by atoms with Gasteiger partial charge >= 0.3 is 6.18 Å². The number of halogens is 3. The molecule has 1 N–H and O–H groups in total. The summed E-state index contributed by atoms with van der Waals surface area (Å²) in [5.74, 6) is -1.40. The molecule has 2 aromatic heterocycles. The van der Waals surface area contributed by atoms with Gasteiger partial charge in [-0.2, -0.15) is 13.2 Å². The van der Waals surface area contributed by atoms with Crippen LogP contribution in [0.4, 0.5) is 13.2 Å². The molecule has 0 atom stereocenters. The summed E-state index contributed by atoms with van der Waals surface area (Å²) in [6, 6.07) is 6.27. The zero-order valence-corrected chi connectivity index (χ0v) is 20.6. The van der Waals surface area contributed by atoms with Crippen LogP contribution in [0.15, 0.2) is 24.3 Å². The van der Waals surface area contributed by atoms with Crippen molar-refractivity contribution in [3.63, 3.8) is 0 Å². The van der Waals surface area contributed by atoms with Gasteiger partial charge in [0.05, 0.1) is 23.0 Å². The van der Waals surface area contributed by atoms with Gasteiger partial charge in [0.2, 0.25) is 0 Å². The lowest BCUT2D eigenvalue weighted by Crippen LogP contribution is -2.63. The van der Waals surface area contributed by atoms with Crippen molar-refractivity contribution in [2.45, 2.75) is 77.4 Å². The quantitative estimate of drug-likeness (QED) is 0.647. The SMILES string of the molecule is Cc1nc(C(=O)N2CCC3(CC2)NC(C)(C)Cn2c(C(=O)C(F)(F)F)ccc23)ccc1OC(C)C. The van der Waals surface area contributed by atoms with Gasteiger partial charge in [0.1, 0.15) is 11.4 Å². The van der Waals surface area contributed by atoms with Crippen LogP contribution in [0, 0.1) is 6.92 Å². The van der Waals surface area contributed by atoms with E-state index in [1.54, 1.807) is 30.0 Å². The number of carbonyl (C=O) groups excluding carboxylic acids is 2. The maximum absolute atomic E-state index is 13.2. The molecule has 0 radical (unpaired) electrons. The molecule has 1 amide bonds. The van der Waals surface area contributed by atoms with Gasteiger partial charge < -0.3 is 14.2 Å². The highest BCUT2D eigenvalue weighted by molar-refractivity contribution is 5.99. The first-order valence-electron chi connectivity index (χ1n) is 11.8. The normalized spacial score (nSPS) is 19.1. The molecule has 1 spiro atoms. The van der Waals surface area contributed by atoms with E-state index in [0.717, 1.165) is 0 Å². The van der Waals surface area contributed by atoms with E-state index in [2.05, 4.69) is 10.3 Å². The van der Waals surface area contributed by atoms with Crippen molar-refractivity contribution < 1.29 is 27.5 Å². The van der Waals surface area contributed by atoms with E-state index in [0.29, 0.717) is 48.8 Å². The molecule has 2 aliphatic rings. The fraction of sp³-hybridized carbons (Fsp3) is 0.560. The maximum Gasteiger partial charge on any atom is 0.456 e. The van der Waals surface area contributed by atoms with E-state index in [4.69, 9.17) is 4.74 Å². The molecule has 0 unspecified atom stereocenters. The van der Waals surface area contributed by atoms with Crippen LogP contribution in [0.1, 0.15) is 72.9 Å². The first-order valence-corrected chi connectivity index (χ1v) is 11.8. The number of piperidine rings is 1. The summed E-state index contributed by atoms with van der Waals surface area (Å²) in [4.78, 5) is 31.4. The van der Waals surface area contributed by atoms with Gasteiger partial charge in [-0.15, -0.1) is 0 Å². The highest BCUT2D eigenvalue weighted by Gasteiger charge is 2.49. The lowest BCUT2D eigenvalue weighted by molar-refractivity contribution is -0.0892. The summed E-state index contributed by atoms with van der Waals surface area (Å²) in [6.45, 7) is 10.5. The summed E-state index contributed by atoms with van der Waals surface area (Å²) >= 11 is 0. The van der Waals surface area contributed by atoms with Gasteiger partial charge in [0, 0.05) is 30.9 Å². The predicted octanol–water partition coefficient (Wildman–Crippen LogP) is 4.24. The summed E-state index contributed by atoms with van der Waals surface area (Å²) in [5, 5.41) is 3.61. The van der Waals surface area contributed by atoms with E-state index in [1.807, 2.05) is 27.7 Å². The van der Waals surface area contributed by atoms with Crippen LogP contribution in [0.2, 0.25) is 0 Å². The number of fused-ring (bicyclic) bond motifs is 2. The standard InChI is InChI=1S/C25H31F3N4O3/c1-15(2)35-19-8-6-17(29-16(19)3)22(34)31-12-10-24(11-13-31)20-9-7-18(21(33)25(26,27)28)32(20)14-23(4,5)30-24/h6-9,15,30H,10-14H2,1-5H3. The van der Waals surface area contributed by atoms with Crippen molar-refractivity contribution in [1.82, 2.24) is 19.8 Å². The molecule has 4 rings (SSSR count). The lowest BCUT2D eigenvalue weighted by atomic mass is 9.79. The number of ether oxygens (including phenoxy) is 1. The van der Waals surface area contributed by atoms with Crippen molar-refractivity contribution in [3.8, 4) is 5.75 Å². The molecular formula is C25H31F3N4O3. The number of carbonyl (C=O) groups is 2. The van der Waals surface area contributed by atoms with E-state index in [-0.39, 0.29) is 24.2 Å². The number of rotatable bonds is 4. The molecule has 10 heteroatoms. The van der Waals surface area contributed by atoms with Crippen LogP contribution in [0.3, 0.4) is 0 Å². The van der Waals surface area contributed by atoms with Crippen molar-refractivity contribution in [2.24, 2.45) is 0 Å². The Hall–Kier alpha value is -2.88. The van der Waals surface area contributed by atoms with Crippen molar-refractivity contribution >= 4 is 11.7 Å². The zero-order valence-electron chi connectivity index (χ0n) is 20.6. The van der Waals surface area contributed by atoms with Crippen LogP contribution >= 0.6 is 0 Å². The number of hydrogen-bond acceptors (Lipinski definition) is 5. The average molecular weight is 493 g/mol. The molecule has 4 heterocycles. The number of aryl methyl sites for hydroxylation is 1. The molecule has 35 heavy (non-hydrogen) atoms. The van der Waals surface area contributed by atoms with Crippen molar-refractivity contribution in [3.05, 3.63) is 47.0 Å².